The molecule has 1 N–H and O–H groups in total. The van der Waals surface area contributed by atoms with Crippen LogP contribution in [0.4, 0.5) is 17.6 Å². The lowest BCUT2D eigenvalue weighted by atomic mass is 9.85. The lowest BCUT2D eigenvalue weighted by Crippen LogP contribution is -2.57. The molecular formula is C7H9F4NO. The van der Waals surface area contributed by atoms with Crippen molar-refractivity contribution in [1.29, 1.82) is 5.26 Å². The van der Waals surface area contributed by atoms with Crippen LogP contribution in [0.5, 0.6) is 0 Å². The van der Waals surface area contributed by atoms with Crippen molar-refractivity contribution in [2.24, 2.45) is 0 Å². The SMILES string of the molecule is CC(F)(CC#N)C(C)(O)C(F)(F)F. The maximum Gasteiger partial charge on any atom is 0.420 e. The fourth-order valence-electron chi connectivity index (χ4n) is 0.616. The van der Waals surface area contributed by atoms with Gasteiger partial charge in [0.25, 0.3) is 0 Å². The molecule has 0 rings (SSSR count). The minimum atomic E-state index is -5.09. The fourth-order valence-corrected chi connectivity index (χ4v) is 0.616. The number of hydrogen-bond acceptors (Lipinski definition) is 2. The van der Waals surface area contributed by atoms with Crippen LogP contribution in [0.25, 0.3) is 0 Å². The highest BCUT2D eigenvalue weighted by atomic mass is 19.4. The topological polar surface area (TPSA) is 44.0 Å². The van der Waals surface area contributed by atoms with Crippen molar-refractivity contribution in [2.45, 2.75) is 37.7 Å². The molecule has 0 aromatic rings. The number of nitrogens with zero attached hydrogens (tertiary/aromatic N) is 1. The van der Waals surface area contributed by atoms with Gasteiger partial charge < -0.3 is 5.11 Å². The molecule has 0 aromatic carbocycles. The van der Waals surface area contributed by atoms with E-state index in [1.165, 1.54) is 6.07 Å². The second-order valence-electron chi connectivity index (χ2n) is 3.10. The molecule has 0 saturated carbocycles. The van der Waals surface area contributed by atoms with Crippen molar-refractivity contribution in [3.8, 4) is 6.07 Å². The lowest BCUT2D eigenvalue weighted by molar-refractivity contribution is -0.292. The Labute approximate surface area is 72.8 Å². The summed E-state index contributed by atoms with van der Waals surface area (Å²) in [6.45, 7) is 0.855. The summed E-state index contributed by atoms with van der Waals surface area (Å²) in [7, 11) is 0. The average Bonchev–Trinajstić information content (AvgIpc) is 1.84. The first-order valence-electron chi connectivity index (χ1n) is 3.41. The summed E-state index contributed by atoms with van der Waals surface area (Å²) < 4.78 is 49.3. The first-order valence-corrected chi connectivity index (χ1v) is 3.41. The van der Waals surface area contributed by atoms with Crippen LogP contribution in [-0.2, 0) is 0 Å². The van der Waals surface area contributed by atoms with Crippen LogP contribution in [0.1, 0.15) is 20.3 Å². The van der Waals surface area contributed by atoms with E-state index < -0.39 is 23.9 Å². The maximum atomic E-state index is 13.2. The zero-order chi connectivity index (χ0) is 10.9. The van der Waals surface area contributed by atoms with Gasteiger partial charge in [-0.1, -0.05) is 0 Å². The second kappa shape index (κ2) is 3.14. The van der Waals surface area contributed by atoms with Crippen LogP contribution in [0, 0.1) is 11.3 Å². The summed E-state index contributed by atoms with van der Waals surface area (Å²) in [6, 6.07) is 1.25. The highest BCUT2D eigenvalue weighted by molar-refractivity contribution is 5.03. The smallest absolute Gasteiger partial charge is 0.378 e. The number of hydrogen-bond donors (Lipinski definition) is 1. The number of nitriles is 1. The average molecular weight is 199 g/mol. The van der Waals surface area contributed by atoms with E-state index in [0.717, 1.165) is 0 Å². The number of alkyl halides is 4. The molecule has 0 saturated heterocycles. The van der Waals surface area contributed by atoms with Gasteiger partial charge in [0, 0.05) is 0 Å². The minimum absolute atomic E-state index is 0.310. The summed E-state index contributed by atoms with van der Waals surface area (Å²) >= 11 is 0. The van der Waals surface area contributed by atoms with Crippen LogP contribution in [-0.4, -0.2) is 22.6 Å². The highest BCUT2D eigenvalue weighted by Gasteiger charge is 2.61. The van der Waals surface area contributed by atoms with Crippen molar-refractivity contribution in [3.05, 3.63) is 0 Å². The Kier molecular flexibility index (Phi) is 2.94. The van der Waals surface area contributed by atoms with Crippen LogP contribution >= 0.6 is 0 Å². The largest absolute Gasteiger partial charge is 0.420 e. The Morgan fingerprint density at radius 2 is 1.62 bits per heavy atom. The maximum absolute atomic E-state index is 13.2. The molecule has 0 aliphatic carbocycles. The molecule has 76 valence electrons. The van der Waals surface area contributed by atoms with Crippen LogP contribution < -0.4 is 0 Å². The Bertz CT molecular complexity index is 226. The fraction of sp³-hybridized carbons (Fsp3) is 0.857. The minimum Gasteiger partial charge on any atom is -0.378 e. The van der Waals surface area contributed by atoms with E-state index in [1.807, 2.05) is 0 Å². The van der Waals surface area contributed by atoms with Crippen molar-refractivity contribution >= 4 is 0 Å². The summed E-state index contributed by atoms with van der Waals surface area (Å²) in [5.74, 6) is 0. The van der Waals surface area contributed by atoms with Gasteiger partial charge >= 0.3 is 6.18 Å². The van der Waals surface area contributed by atoms with Gasteiger partial charge in [0.2, 0.25) is 0 Å². The molecule has 0 bridgehead atoms. The van der Waals surface area contributed by atoms with Gasteiger partial charge in [-0.2, -0.15) is 18.4 Å². The van der Waals surface area contributed by atoms with Gasteiger partial charge in [-0.05, 0) is 13.8 Å². The zero-order valence-corrected chi connectivity index (χ0v) is 7.11. The van der Waals surface area contributed by atoms with Crippen molar-refractivity contribution in [2.75, 3.05) is 0 Å². The van der Waals surface area contributed by atoms with Gasteiger partial charge in [-0.15, -0.1) is 0 Å². The summed E-state index contributed by atoms with van der Waals surface area (Å²) in [5.41, 5.74) is -6.50. The molecule has 0 heterocycles. The molecular weight excluding hydrogens is 190 g/mol. The van der Waals surface area contributed by atoms with Gasteiger partial charge in [0.1, 0.15) is 0 Å². The van der Waals surface area contributed by atoms with E-state index in [1.54, 1.807) is 0 Å². The van der Waals surface area contributed by atoms with Gasteiger partial charge in [-0.3, -0.25) is 0 Å². The summed E-state index contributed by atoms with van der Waals surface area (Å²) in [6.07, 6.45) is -6.10. The standard InChI is InChI=1S/C7H9F4NO/c1-5(8,3-4-12)6(2,13)7(9,10)11/h13H,3H2,1-2H3. The zero-order valence-electron chi connectivity index (χ0n) is 7.11. The quantitative estimate of drug-likeness (QED) is 0.690. The third-order valence-corrected chi connectivity index (χ3v) is 1.98. The van der Waals surface area contributed by atoms with Crippen LogP contribution in [0.15, 0.2) is 0 Å². The van der Waals surface area contributed by atoms with E-state index in [9.17, 15) is 17.6 Å². The van der Waals surface area contributed by atoms with Crippen molar-refractivity contribution in [1.82, 2.24) is 0 Å². The molecule has 2 unspecified atom stereocenters. The van der Waals surface area contributed by atoms with Gasteiger partial charge in [0.05, 0.1) is 12.5 Å². The molecule has 0 aromatic heterocycles. The monoisotopic (exact) mass is 199 g/mol. The predicted octanol–water partition coefficient (Wildman–Crippen LogP) is 1.94. The predicted molar refractivity (Wildman–Crippen MR) is 36.4 cm³/mol. The molecule has 6 heteroatoms. The molecule has 0 fully saturated rings. The Morgan fingerprint density at radius 3 is 1.85 bits per heavy atom. The number of aliphatic hydroxyl groups is 1. The second-order valence-corrected chi connectivity index (χ2v) is 3.10. The molecule has 2 nitrogen and oxygen atoms in total. The van der Waals surface area contributed by atoms with E-state index in [2.05, 4.69) is 0 Å². The Morgan fingerprint density at radius 1 is 1.23 bits per heavy atom. The third kappa shape index (κ3) is 2.10. The molecule has 0 radical (unpaired) electrons. The molecule has 2 atom stereocenters. The Balaban J connectivity index is 4.94. The number of halogens is 4. The lowest BCUT2D eigenvalue weighted by Gasteiger charge is -2.35. The van der Waals surface area contributed by atoms with Gasteiger partial charge in [0.15, 0.2) is 11.3 Å². The van der Waals surface area contributed by atoms with Crippen molar-refractivity contribution in [3.63, 3.8) is 0 Å². The van der Waals surface area contributed by atoms with E-state index in [-0.39, 0.29) is 0 Å². The van der Waals surface area contributed by atoms with E-state index in [4.69, 9.17) is 10.4 Å². The van der Waals surface area contributed by atoms with Gasteiger partial charge in [-0.25, -0.2) is 4.39 Å². The van der Waals surface area contributed by atoms with Crippen molar-refractivity contribution < 1.29 is 22.7 Å². The molecule has 0 aliphatic heterocycles. The molecule has 0 amide bonds. The molecule has 0 aliphatic rings. The van der Waals surface area contributed by atoms with Crippen LogP contribution in [0.2, 0.25) is 0 Å². The molecule has 13 heavy (non-hydrogen) atoms. The molecule has 0 spiro atoms. The van der Waals surface area contributed by atoms with Crippen LogP contribution in [0.3, 0.4) is 0 Å². The summed E-state index contributed by atoms with van der Waals surface area (Å²) in [5, 5.41) is 16.9. The first kappa shape index (κ1) is 12.2. The highest BCUT2D eigenvalue weighted by Crippen LogP contribution is 2.41. The Hall–Kier alpha value is -0.830. The normalized spacial score (nSPS) is 21.4. The van der Waals surface area contributed by atoms with E-state index >= 15 is 0 Å². The van der Waals surface area contributed by atoms with E-state index in [0.29, 0.717) is 13.8 Å². The third-order valence-electron chi connectivity index (χ3n) is 1.98. The first-order chi connectivity index (χ1) is 5.56. The number of rotatable bonds is 2. The summed E-state index contributed by atoms with van der Waals surface area (Å²) in [4.78, 5) is 0.